The fourth-order valence-electron chi connectivity index (χ4n) is 3.27. The van der Waals surface area contributed by atoms with Gasteiger partial charge in [-0.3, -0.25) is 0 Å². The molecule has 0 aliphatic carbocycles. The molecule has 6 nitrogen and oxygen atoms in total. The van der Waals surface area contributed by atoms with Gasteiger partial charge in [-0.15, -0.1) is 0 Å². The highest BCUT2D eigenvalue weighted by Crippen LogP contribution is 2.29. The molecule has 1 saturated heterocycles. The van der Waals surface area contributed by atoms with Crippen LogP contribution in [0.2, 0.25) is 0 Å². The van der Waals surface area contributed by atoms with Crippen LogP contribution < -0.4 is 15.1 Å². The highest BCUT2D eigenvalue weighted by atomic mass is 16.5. The predicted octanol–water partition coefficient (Wildman–Crippen LogP) is 3.68. The molecule has 1 fully saturated rings. The molecule has 2 aromatic rings. The third-order valence-electron chi connectivity index (χ3n) is 4.48. The van der Waals surface area contributed by atoms with E-state index in [1.54, 1.807) is 6.33 Å². The second-order valence-corrected chi connectivity index (χ2v) is 6.49. The lowest BCUT2D eigenvalue weighted by Gasteiger charge is -2.30. The summed E-state index contributed by atoms with van der Waals surface area (Å²) < 4.78 is 5.48. The van der Waals surface area contributed by atoms with Crippen LogP contribution >= 0.6 is 0 Å². The normalized spacial score (nSPS) is 14.3. The SMILES string of the molecule is CCCN(CCC)c1cc(Nc2ccccc2N2CCOCC2)ncn1. The summed E-state index contributed by atoms with van der Waals surface area (Å²) in [6.45, 7) is 9.78. The van der Waals surface area contributed by atoms with Crippen LogP contribution in [-0.4, -0.2) is 49.4 Å². The number of benzene rings is 1. The summed E-state index contributed by atoms with van der Waals surface area (Å²) in [4.78, 5) is 13.6. The summed E-state index contributed by atoms with van der Waals surface area (Å²) in [6, 6.07) is 10.4. The molecule has 26 heavy (non-hydrogen) atoms. The average molecular weight is 355 g/mol. The number of anilines is 4. The minimum atomic E-state index is 0.773. The lowest BCUT2D eigenvalue weighted by atomic mass is 10.2. The van der Waals surface area contributed by atoms with Crippen LogP contribution in [0.1, 0.15) is 26.7 Å². The Morgan fingerprint density at radius 3 is 2.54 bits per heavy atom. The molecule has 6 heteroatoms. The summed E-state index contributed by atoms with van der Waals surface area (Å²) >= 11 is 0. The maximum Gasteiger partial charge on any atom is 0.135 e. The van der Waals surface area contributed by atoms with Crippen LogP contribution in [0.4, 0.5) is 23.0 Å². The van der Waals surface area contributed by atoms with Crippen molar-refractivity contribution in [2.45, 2.75) is 26.7 Å². The average Bonchev–Trinajstić information content (AvgIpc) is 2.69. The smallest absolute Gasteiger partial charge is 0.135 e. The number of ether oxygens (including phenoxy) is 1. The maximum absolute atomic E-state index is 5.48. The molecule has 3 rings (SSSR count). The van der Waals surface area contributed by atoms with Gasteiger partial charge in [0.1, 0.15) is 18.0 Å². The first kappa shape index (κ1) is 18.5. The number of hydrogen-bond donors (Lipinski definition) is 1. The number of aromatic nitrogens is 2. The van der Waals surface area contributed by atoms with E-state index in [2.05, 4.69) is 63.2 Å². The Morgan fingerprint density at radius 2 is 1.81 bits per heavy atom. The van der Waals surface area contributed by atoms with Crippen LogP contribution in [0.3, 0.4) is 0 Å². The molecule has 1 aliphatic heterocycles. The van der Waals surface area contributed by atoms with Gasteiger partial charge in [-0.05, 0) is 25.0 Å². The summed E-state index contributed by atoms with van der Waals surface area (Å²) in [7, 11) is 0. The molecule has 0 unspecified atom stereocenters. The zero-order valence-corrected chi connectivity index (χ0v) is 15.8. The lowest BCUT2D eigenvalue weighted by Crippen LogP contribution is -2.36. The van der Waals surface area contributed by atoms with Gasteiger partial charge in [0.2, 0.25) is 0 Å². The summed E-state index contributed by atoms with van der Waals surface area (Å²) in [5, 5.41) is 3.49. The Morgan fingerprint density at radius 1 is 1.08 bits per heavy atom. The van der Waals surface area contributed by atoms with E-state index in [9.17, 15) is 0 Å². The minimum Gasteiger partial charge on any atom is -0.378 e. The van der Waals surface area contributed by atoms with E-state index in [4.69, 9.17) is 4.74 Å². The largest absolute Gasteiger partial charge is 0.378 e. The molecule has 0 spiro atoms. The molecule has 140 valence electrons. The van der Waals surface area contributed by atoms with Gasteiger partial charge in [0.25, 0.3) is 0 Å². The molecule has 0 saturated carbocycles. The highest BCUT2D eigenvalue weighted by molar-refractivity contribution is 5.74. The number of hydrogen-bond acceptors (Lipinski definition) is 6. The van der Waals surface area contributed by atoms with Crippen molar-refractivity contribution in [3.8, 4) is 0 Å². The quantitative estimate of drug-likeness (QED) is 0.779. The number of nitrogens with zero attached hydrogens (tertiary/aromatic N) is 4. The van der Waals surface area contributed by atoms with E-state index in [1.165, 1.54) is 5.69 Å². The van der Waals surface area contributed by atoms with Crippen LogP contribution in [0.15, 0.2) is 36.7 Å². The molecular weight excluding hydrogens is 326 g/mol. The van der Waals surface area contributed by atoms with Gasteiger partial charge in [0.15, 0.2) is 0 Å². The van der Waals surface area contributed by atoms with Gasteiger partial charge >= 0.3 is 0 Å². The predicted molar refractivity (Wildman–Crippen MR) is 108 cm³/mol. The Kier molecular flexibility index (Phi) is 6.66. The van der Waals surface area contributed by atoms with Crippen molar-refractivity contribution in [2.75, 3.05) is 54.5 Å². The molecule has 1 N–H and O–H groups in total. The van der Waals surface area contributed by atoms with E-state index in [0.717, 1.165) is 69.6 Å². The Labute approximate surface area is 156 Å². The first-order valence-electron chi connectivity index (χ1n) is 9.57. The highest BCUT2D eigenvalue weighted by Gasteiger charge is 2.15. The molecule has 1 aromatic heterocycles. The zero-order chi connectivity index (χ0) is 18.2. The van der Waals surface area contributed by atoms with Gasteiger partial charge in [0.05, 0.1) is 24.6 Å². The van der Waals surface area contributed by atoms with Gasteiger partial charge in [0, 0.05) is 32.2 Å². The van der Waals surface area contributed by atoms with Gasteiger partial charge in [-0.2, -0.15) is 0 Å². The van der Waals surface area contributed by atoms with Gasteiger partial charge in [-0.25, -0.2) is 9.97 Å². The molecular formula is C20H29N5O. The van der Waals surface area contributed by atoms with Gasteiger partial charge in [-0.1, -0.05) is 26.0 Å². The number of rotatable bonds is 8. The van der Waals surface area contributed by atoms with Gasteiger partial charge < -0.3 is 19.9 Å². The molecule has 1 aliphatic rings. The van der Waals surface area contributed by atoms with Crippen molar-refractivity contribution < 1.29 is 4.74 Å². The topological polar surface area (TPSA) is 53.5 Å². The van der Waals surface area contributed by atoms with Crippen molar-refractivity contribution >= 4 is 23.0 Å². The molecule has 1 aromatic carbocycles. The first-order chi connectivity index (χ1) is 12.8. The third-order valence-corrected chi connectivity index (χ3v) is 4.48. The number of morpholine rings is 1. The molecule has 0 bridgehead atoms. The fraction of sp³-hybridized carbons (Fsp3) is 0.500. The van der Waals surface area contributed by atoms with Crippen LogP contribution in [0.5, 0.6) is 0 Å². The Bertz CT molecular complexity index is 681. The zero-order valence-electron chi connectivity index (χ0n) is 15.8. The van der Waals surface area contributed by atoms with Crippen molar-refractivity contribution in [2.24, 2.45) is 0 Å². The van der Waals surface area contributed by atoms with Crippen molar-refractivity contribution in [1.82, 2.24) is 9.97 Å². The lowest BCUT2D eigenvalue weighted by molar-refractivity contribution is 0.123. The Balaban J connectivity index is 1.80. The van der Waals surface area contributed by atoms with E-state index in [-0.39, 0.29) is 0 Å². The molecule has 0 radical (unpaired) electrons. The maximum atomic E-state index is 5.48. The van der Waals surface area contributed by atoms with E-state index < -0.39 is 0 Å². The monoisotopic (exact) mass is 355 g/mol. The van der Waals surface area contributed by atoms with E-state index in [1.807, 2.05) is 6.07 Å². The molecule has 0 atom stereocenters. The van der Waals surface area contributed by atoms with Crippen LogP contribution in [-0.2, 0) is 4.74 Å². The Hall–Kier alpha value is -2.34. The van der Waals surface area contributed by atoms with Crippen LogP contribution in [0.25, 0.3) is 0 Å². The van der Waals surface area contributed by atoms with E-state index in [0.29, 0.717) is 0 Å². The third kappa shape index (κ3) is 4.64. The van der Waals surface area contributed by atoms with Crippen LogP contribution in [0, 0.1) is 0 Å². The van der Waals surface area contributed by atoms with Crippen molar-refractivity contribution in [1.29, 1.82) is 0 Å². The summed E-state index contributed by atoms with van der Waals surface area (Å²) in [5.41, 5.74) is 2.26. The standard InChI is InChI=1S/C20H29N5O/c1-3-9-25(10-4-2)20-15-19(21-16-22-20)23-17-7-5-6-8-18(17)24-11-13-26-14-12-24/h5-8,15-16H,3-4,9-14H2,1-2H3,(H,21,22,23). The van der Waals surface area contributed by atoms with Crippen molar-refractivity contribution in [3.63, 3.8) is 0 Å². The molecule has 0 amide bonds. The summed E-state index contributed by atoms with van der Waals surface area (Å²) in [5.74, 6) is 1.81. The first-order valence-corrected chi connectivity index (χ1v) is 9.57. The van der Waals surface area contributed by atoms with Crippen molar-refractivity contribution in [3.05, 3.63) is 36.7 Å². The minimum absolute atomic E-state index is 0.773. The fourth-order valence-corrected chi connectivity index (χ4v) is 3.27. The van der Waals surface area contributed by atoms with E-state index >= 15 is 0 Å². The second kappa shape index (κ2) is 9.38. The second-order valence-electron chi connectivity index (χ2n) is 6.49. The number of nitrogens with one attached hydrogen (secondary N) is 1. The molecule has 2 heterocycles. The number of para-hydroxylation sites is 2. The summed E-state index contributed by atoms with van der Waals surface area (Å²) in [6.07, 6.45) is 3.85.